The second-order valence-electron chi connectivity index (χ2n) is 8.90. The van der Waals surface area contributed by atoms with E-state index < -0.39 is 0 Å². The number of aromatic nitrogens is 2. The molecule has 3 aromatic carbocycles. The number of likely N-dealkylation sites (tertiary alicyclic amines) is 1. The molecule has 0 amide bonds. The van der Waals surface area contributed by atoms with Gasteiger partial charge in [-0.25, -0.2) is 9.97 Å². The molecule has 1 aromatic heterocycles. The molecular weight excluding hydrogens is 408 g/mol. The van der Waals surface area contributed by atoms with Crippen molar-refractivity contribution in [2.75, 3.05) is 32.1 Å². The van der Waals surface area contributed by atoms with Crippen LogP contribution in [-0.2, 0) is 6.54 Å². The Morgan fingerprint density at radius 3 is 2.55 bits per heavy atom. The highest BCUT2D eigenvalue weighted by Crippen LogP contribution is 2.27. The van der Waals surface area contributed by atoms with Crippen molar-refractivity contribution in [3.05, 3.63) is 83.9 Å². The minimum Gasteiger partial charge on any atom is -0.497 e. The van der Waals surface area contributed by atoms with Crippen LogP contribution in [0.5, 0.6) is 5.75 Å². The summed E-state index contributed by atoms with van der Waals surface area (Å²) in [5.41, 5.74) is 4.64. The Bertz CT molecular complexity index is 1220. The number of aryl methyl sites for hydroxylation is 1. The summed E-state index contributed by atoms with van der Waals surface area (Å²) in [6.45, 7) is 6.32. The van der Waals surface area contributed by atoms with Gasteiger partial charge in [0.25, 0.3) is 0 Å². The Labute approximate surface area is 195 Å². The topological polar surface area (TPSA) is 50.3 Å². The first kappa shape index (κ1) is 21.4. The number of hydrogen-bond donors (Lipinski definition) is 1. The number of rotatable bonds is 7. The number of anilines is 1. The van der Waals surface area contributed by atoms with Crippen LogP contribution in [0.3, 0.4) is 0 Å². The van der Waals surface area contributed by atoms with Gasteiger partial charge in [-0.2, -0.15) is 0 Å². The van der Waals surface area contributed by atoms with Crippen molar-refractivity contribution in [2.24, 2.45) is 5.92 Å². The van der Waals surface area contributed by atoms with Gasteiger partial charge >= 0.3 is 0 Å². The Morgan fingerprint density at radius 2 is 1.76 bits per heavy atom. The first-order valence-electron chi connectivity index (χ1n) is 11.6. The van der Waals surface area contributed by atoms with E-state index in [0.717, 1.165) is 60.0 Å². The minimum atomic E-state index is 0.605. The molecule has 0 spiro atoms. The molecule has 2 heterocycles. The lowest BCUT2D eigenvalue weighted by molar-refractivity contribution is 0.319. The van der Waals surface area contributed by atoms with E-state index in [4.69, 9.17) is 14.7 Å². The van der Waals surface area contributed by atoms with E-state index in [9.17, 15) is 0 Å². The first-order chi connectivity index (χ1) is 16.2. The normalized spacial score (nSPS) is 16.2. The van der Waals surface area contributed by atoms with Crippen LogP contribution in [0.2, 0.25) is 0 Å². The molecule has 1 atom stereocenters. The molecular formula is C28H30N4O. The fraction of sp³-hybridized carbons (Fsp3) is 0.286. The number of nitrogens with zero attached hydrogens (tertiary/aromatic N) is 3. The maximum absolute atomic E-state index is 5.29. The second-order valence-corrected chi connectivity index (χ2v) is 8.90. The molecule has 1 N–H and O–H groups in total. The number of methoxy groups -OCH3 is 1. The molecule has 0 unspecified atom stereocenters. The van der Waals surface area contributed by atoms with Crippen molar-refractivity contribution < 1.29 is 4.74 Å². The molecule has 0 radical (unpaired) electrons. The lowest BCUT2D eigenvalue weighted by atomic mass is 10.1. The predicted octanol–water partition coefficient (Wildman–Crippen LogP) is 5.55. The van der Waals surface area contributed by atoms with Crippen molar-refractivity contribution in [1.29, 1.82) is 0 Å². The monoisotopic (exact) mass is 438 g/mol. The van der Waals surface area contributed by atoms with Gasteiger partial charge in [-0.05, 0) is 67.8 Å². The van der Waals surface area contributed by atoms with Gasteiger partial charge in [-0.3, -0.25) is 4.90 Å². The molecule has 1 fully saturated rings. The Balaban J connectivity index is 1.29. The molecule has 168 valence electrons. The van der Waals surface area contributed by atoms with Gasteiger partial charge in [0.15, 0.2) is 5.82 Å². The van der Waals surface area contributed by atoms with E-state index in [1.807, 2.05) is 42.5 Å². The van der Waals surface area contributed by atoms with Crippen LogP contribution in [0.25, 0.3) is 22.3 Å². The number of benzene rings is 3. The highest BCUT2D eigenvalue weighted by atomic mass is 16.5. The lowest BCUT2D eigenvalue weighted by Gasteiger charge is -2.17. The van der Waals surface area contributed by atoms with Crippen LogP contribution < -0.4 is 10.1 Å². The summed E-state index contributed by atoms with van der Waals surface area (Å²) in [4.78, 5) is 12.3. The summed E-state index contributed by atoms with van der Waals surface area (Å²) in [6, 6.07) is 25.0. The van der Waals surface area contributed by atoms with Crippen LogP contribution >= 0.6 is 0 Å². The summed E-state index contributed by atoms with van der Waals surface area (Å²) in [5.74, 6) is 3.07. The molecule has 33 heavy (non-hydrogen) atoms. The zero-order chi connectivity index (χ0) is 22.6. The SMILES string of the molecule is COc1ccc(-c2nc(NC[C@H]3CCN(Cc4ccc(C)cc4)C3)c3ccccc3n2)cc1. The fourth-order valence-corrected chi connectivity index (χ4v) is 4.50. The summed E-state index contributed by atoms with van der Waals surface area (Å²) in [7, 11) is 1.68. The fourth-order valence-electron chi connectivity index (χ4n) is 4.50. The highest BCUT2D eigenvalue weighted by molar-refractivity contribution is 5.90. The zero-order valence-electron chi connectivity index (χ0n) is 19.3. The van der Waals surface area contributed by atoms with Crippen LogP contribution in [-0.4, -0.2) is 41.6 Å². The summed E-state index contributed by atoms with van der Waals surface area (Å²) >= 11 is 0. The van der Waals surface area contributed by atoms with Crippen LogP contribution in [0.1, 0.15) is 17.5 Å². The standard InChI is InChI=1S/C28H30N4O/c1-20-7-9-21(10-8-20)18-32-16-15-22(19-32)17-29-28-25-5-3-4-6-26(25)30-27(31-28)23-11-13-24(33-2)14-12-23/h3-14,22H,15-19H2,1-2H3,(H,29,30,31)/t22-/m1/s1. The Kier molecular flexibility index (Phi) is 6.22. The van der Waals surface area contributed by atoms with Crippen molar-refractivity contribution >= 4 is 16.7 Å². The molecule has 1 aliphatic heterocycles. The van der Waals surface area contributed by atoms with Gasteiger partial charge in [0.05, 0.1) is 12.6 Å². The van der Waals surface area contributed by atoms with Crippen LogP contribution in [0.4, 0.5) is 5.82 Å². The number of hydrogen-bond acceptors (Lipinski definition) is 5. The second kappa shape index (κ2) is 9.59. The van der Waals surface area contributed by atoms with Crippen molar-refractivity contribution in [1.82, 2.24) is 14.9 Å². The highest BCUT2D eigenvalue weighted by Gasteiger charge is 2.22. The molecule has 1 aliphatic rings. The van der Waals surface area contributed by atoms with Crippen LogP contribution in [0.15, 0.2) is 72.8 Å². The summed E-state index contributed by atoms with van der Waals surface area (Å²) in [6.07, 6.45) is 1.20. The van der Waals surface area contributed by atoms with E-state index in [1.54, 1.807) is 7.11 Å². The third kappa shape index (κ3) is 4.99. The number of ether oxygens (including phenoxy) is 1. The number of nitrogens with one attached hydrogen (secondary N) is 1. The zero-order valence-corrected chi connectivity index (χ0v) is 19.3. The van der Waals surface area contributed by atoms with Crippen molar-refractivity contribution in [3.8, 4) is 17.1 Å². The Hall–Kier alpha value is -3.44. The van der Waals surface area contributed by atoms with Gasteiger partial charge in [-0.1, -0.05) is 42.0 Å². The molecule has 5 heteroatoms. The molecule has 0 aliphatic carbocycles. The van der Waals surface area contributed by atoms with Crippen LogP contribution in [0, 0.1) is 12.8 Å². The molecule has 5 nitrogen and oxygen atoms in total. The smallest absolute Gasteiger partial charge is 0.162 e. The van der Waals surface area contributed by atoms with E-state index in [1.165, 1.54) is 17.5 Å². The van der Waals surface area contributed by atoms with E-state index in [-0.39, 0.29) is 0 Å². The molecule has 1 saturated heterocycles. The van der Waals surface area contributed by atoms with Gasteiger partial charge in [0.1, 0.15) is 11.6 Å². The van der Waals surface area contributed by atoms with Gasteiger partial charge in [-0.15, -0.1) is 0 Å². The maximum Gasteiger partial charge on any atom is 0.162 e. The van der Waals surface area contributed by atoms with Crippen molar-refractivity contribution in [2.45, 2.75) is 19.9 Å². The van der Waals surface area contributed by atoms with E-state index in [2.05, 4.69) is 47.5 Å². The third-order valence-corrected chi connectivity index (χ3v) is 6.41. The molecule has 5 rings (SSSR count). The molecule has 0 bridgehead atoms. The number of para-hydroxylation sites is 1. The predicted molar refractivity (Wildman–Crippen MR) is 135 cm³/mol. The van der Waals surface area contributed by atoms with E-state index >= 15 is 0 Å². The van der Waals surface area contributed by atoms with Gasteiger partial charge < -0.3 is 10.1 Å². The average Bonchev–Trinajstić information content (AvgIpc) is 3.31. The largest absolute Gasteiger partial charge is 0.497 e. The quantitative estimate of drug-likeness (QED) is 0.410. The first-order valence-corrected chi connectivity index (χ1v) is 11.6. The molecule has 0 saturated carbocycles. The number of fused-ring (bicyclic) bond motifs is 1. The third-order valence-electron chi connectivity index (χ3n) is 6.41. The lowest BCUT2D eigenvalue weighted by Crippen LogP contribution is -2.23. The van der Waals surface area contributed by atoms with Crippen molar-refractivity contribution in [3.63, 3.8) is 0 Å². The molecule has 4 aromatic rings. The maximum atomic E-state index is 5.29. The Morgan fingerprint density at radius 1 is 0.970 bits per heavy atom. The average molecular weight is 439 g/mol. The minimum absolute atomic E-state index is 0.605. The van der Waals surface area contributed by atoms with Gasteiger partial charge in [0, 0.05) is 30.6 Å². The summed E-state index contributed by atoms with van der Waals surface area (Å²) < 4.78 is 5.29. The van der Waals surface area contributed by atoms with E-state index in [0.29, 0.717) is 5.92 Å². The van der Waals surface area contributed by atoms with Gasteiger partial charge in [0.2, 0.25) is 0 Å². The summed E-state index contributed by atoms with van der Waals surface area (Å²) in [5, 5.41) is 4.71.